The molecule has 1 N–H and O–H groups in total. The first-order chi connectivity index (χ1) is 7.61. The molecule has 82 valence electrons. The fourth-order valence-corrected chi connectivity index (χ4v) is 1.74. The summed E-state index contributed by atoms with van der Waals surface area (Å²) < 4.78 is 5.21. The molecule has 3 nitrogen and oxygen atoms in total. The number of rotatable bonds is 2. The van der Waals surface area contributed by atoms with Crippen LogP contribution in [0.4, 0.5) is 0 Å². The van der Waals surface area contributed by atoms with Gasteiger partial charge >= 0.3 is 5.97 Å². The molecule has 0 aliphatic carbocycles. The number of benzene rings is 2. The van der Waals surface area contributed by atoms with Crippen LogP contribution in [0.1, 0.15) is 15.9 Å². The summed E-state index contributed by atoms with van der Waals surface area (Å²) in [7, 11) is 1.61. The highest BCUT2D eigenvalue weighted by molar-refractivity contribution is 5.95. The summed E-state index contributed by atoms with van der Waals surface area (Å²) in [6, 6.07) is 8.92. The maximum Gasteiger partial charge on any atom is 0.335 e. The van der Waals surface area contributed by atoms with Crippen molar-refractivity contribution < 1.29 is 14.6 Å². The van der Waals surface area contributed by atoms with E-state index in [1.54, 1.807) is 19.2 Å². The average Bonchev–Trinajstić information content (AvgIpc) is 2.27. The van der Waals surface area contributed by atoms with Crippen molar-refractivity contribution in [2.24, 2.45) is 0 Å². The van der Waals surface area contributed by atoms with E-state index in [-0.39, 0.29) is 0 Å². The summed E-state index contributed by atoms with van der Waals surface area (Å²) in [6.45, 7) is 1.96. The smallest absolute Gasteiger partial charge is 0.335 e. The van der Waals surface area contributed by atoms with E-state index in [4.69, 9.17) is 9.84 Å². The lowest BCUT2D eigenvalue weighted by atomic mass is 10.0. The number of hydrogen-bond acceptors (Lipinski definition) is 2. The number of ether oxygens (including phenoxy) is 1. The monoisotopic (exact) mass is 216 g/mol. The summed E-state index contributed by atoms with van der Waals surface area (Å²) in [4.78, 5) is 10.8. The number of aryl methyl sites for hydroxylation is 1. The molecule has 0 saturated carbocycles. The van der Waals surface area contributed by atoms with Crippen molar-refractivity contribution in [3.05, 3.63) is 41.5 Å². The minimum Gasteiger partial charge on any atom is -0.496 e. The van der Waals surface area contributed by atoms with E-state index in [9.17, 15) is 4.79 Å². The van der Waals surface area contributed by atoms with Gasteiger partial charge in [0.15, 0.2) is 0 Å². The third-order valence-corrected chi connectivity index (χ3v) is 2.60. The minimum absolute atomic E-state index is 0.290. The number of aromatic carboxylic acids is 1. The molecule has 0 bridgehead atoms. The van der Waals surface area contributed by atoms with Gasteiger partial charge in [-0.05, 0) is 47.5 Å². The number of carboxylic acids is 1. The number of methoxy groups -OCH3 is 1. The molecule has 0 aliphatic heterocycles. The van der Waals surface area contributed by atoms with Crippen LogP contribution in [0.3, 0.4) is 0 Å². The first-order valence-corrected chi connectivity index (χ1v) is 4.93. The van der Waals surface area contributed by atoms with Crippen molar-refractivity contribution in [1.82, 2.24) is 0 Å². The van der Waals surface area contributed by atoms with Crippen LogP contribution in [0.15, 0.2) is 30.3 Å². The molecule has 0 unspecified atom stereocenters. The summed E-state index contributed by atoms with van der Waals surface area (Å²) in [5.41, 5.74) is 1.33. The molecule has 0 radical (unpaired) electrons. The standard InChI is InChI=1S/C13H12O3/c1-8-5-9-3-4-10(13(14)15)6-11(9)7-12(8)16-2/h3-7H,1-2H3,(H,14,15). The third kappa shape index (κ3) is 1.72. The first-order valence-electron chi connectivity index (χ1n) is 4.93. The Morgan fingerprint density at radius 1 is 1.19 bits per heavy atom. The fourth-order valence-electron chi connectivity index (χ4n) is 1.74. The van der Waals surface area contributed by atoms with Crippen molar-refractivity contribution in [3.63, 3.8) is 0 Å². The number of hydrogen-bond donors (Lipinski definition) is 1. The molecule has 0 aliphatic rings. The van der Waals surface area contributed by atoms with Gasteiger partial charge in [-0.25, -0.2) is 4.79 Å². The highest BCUT2D eigenvalue weighted by Gasteiger charge is 2.06. The predicted octanol–water partition coefficient (Wildman–Crippen LogP) is 2.86. The second-order valence-electron chi connectivity index (χ2n) is 3.69. The largest absolute Gasteiger partial charge is 0.496 e. The molecule has 0 aromatic heterocycles. The lowest BCUT2D eigenvalue weighted by Crippen LogP contribution is -1.95. The third-order valence-electron chi connectivity index (χ3n) is 2.60. The Morgan fingerprint density at radius 3 is 2.56 bits per heavy atom. The topological polar surface area (TPSA) is 46.5 Å². The molecule has 2 aromatic carbocycles. The van der Waals surface area contributed by atoms with E-state index in [0.717, 1.165) is 22.1 Å². The Kier molecular flexibility index (Phi) is 2.52. The molecule has 0 atom stereocenters. The minimum atomic E-state index is -0.915. The molecule has 0 saturated heterocycles. The maximum absolute atomic E-state index is 10.8. The predicted molar refractivity (Wildman–Crippen MR) is 62.2 cm³/mol. The van der Waals surface area contributed by atoms with Gasteiger partial charge in [0.2, 0.25) is 0 Å². The molecule has 0 amide bonds. The van der Waals surface area contributed by atoms with E-state index < -0.39 is 5.97 Å². The molecule has 0 spiro atoms. The SMILES string of the molecule is COc1cc2cc(C(=O)O)ccc2cc1C. The lowest BCUT2D eigenvalue weighted by molar-refractivity contribution is 0.0697. The molecule has 0 heterocycles. The van der Waals surface area contributed by atoms with Crippen LogP contribution in [0.2, 0.25) is 0 Å². The van der Waals surface area contributed by atoms with Crippen molar-refractivity contribution in [1.29, 1.82) is 0 Å². The maximum atomic E-state index is 10.8. The van der Waals surface area contributed by atoms with Gasteiger partial charge in [0.05, 0.1) is 12.7 Å². The number of carboxylic acid groups (broad SMARTS) is 1. The summed E-state index contributed by atoms with van der Waals surface area (Å²) in [5.74, 6) is -0.142. The lowest BCUT2D eigenvalue weighted by Gasteiger charge is -2.07. The van der Waals surface area contributed by atoms with Crippen molar-refractivity contribution in [2.45, 2.75) is 6.92 Å². The van der Waals surface area contributed by atoms with Gasteiger partial charge in [-0.1, -0.05) is 6.07 Å². The van der Waals surface area contributed by atoms with Crippen LogP contribution in [0.25, 0.3) is 10.8 Å². The van der Waals surface area contributed by atoms with Gasteiger partial charge in [0, 0.05) is 0 Å². The number of carbonyl (C=O) groups is 1. The van der Waals surface area contributed by atoms with Gasteiger partial charge in [-0.15, -0.1) is 0 Å². The molecular weight excluding hydrogens is 204 g/mol. The molecule has 3 heteroatoms. The molecule has 2 rings (SSSR count). The zero-order valence-corrected chi connectivity index (χ0v) is 9.15. The molecular formula is C13H12O3. The fraction of sp³-hybridized carbons (Fsp3) is 0.154. The summed E-state index contributed by atoms with van der Waals surface area (Å²) >= 11 is 0. The van der Waals surface area contributed by atoms with Gasteiger partial charge in [-0.2, -0.15) is 0 Å². The van der Waals surface area contributed by atoms with E-state index in [1.807, 2.05) is 25.1 Å². The highest BCUT2D eigenvalue weighted by Crippen LogP contribution is 2.25. The zero-order valence-electron chi connectivity index (χ0n) is 9.15. The molecule has 16 heavy (non-hydrogen) atoms. The van der Waals surface area contributed by atoms with Crippen LogP contribution < -0.4 is 4.74 Å². The summed E-state index contributed by atoms with van der Waals surface area (Å²) in [6.07, 6.45) is 0. The van der Waals surface area contributed by atoms with E-state index >= 15 is 0 Å². The van der Waals surface area contributed by atoms with Crippen LogP contribution in [0.5, 0.6) is 5.75 Å². The second kappa shape index (κ2) is 3.85. The van der Waals surface area contributed by atoms with Crippen LogP contribution >= 0.6 is 0 Å². The molecule has 2 aromatic rings. The number of fused-ring (bicyclic) bond motifs is 1. The Labute approximate surface area is 93.3 Å². The van der Waals surface area contributed by atoms with Gasteiger partial charge in [-0.3, -0.25) is 0 Å². The zero-order chi connectivity index (χ0) is 11.7. The van der Waals surface area contributed by atoms with E-state index in [0.29, 0.717) is 5.56 Å². The second-order valence-corrected chi connectivity index (χ2v) is 3.69. The molecule has 0 fully saturated rings. The Hall–Kier alpha value is -2.03. The van der Waals surface area contributed by atoms with Crippen molar-refractivity contribution >= 4 is 16.7 Å². The van der Waals surface area contributed by atoms with E-state index in [2.05, 4.69) is 0 Å². The Balaban J connectivity index is 2.68. The summed E-state index contributed by atoms with van der Waals surface area (Å²) in [5, 5.41) is 10.8. The van der Waals surface area contributed by atoms with Crippen molar-refractivity contribution in [2.75, 3.05) is 7.11 Å². The normalized spacial score (nSPS) is 10.4. The highest BCUT2D eigenvalue weighted by atomic mass is 16.5. The van der Waals surface area contributed by atoms with Gasteiger partial charge in [0.25, 0.3) is 0 Å². The quantitative estimate of drug-likeness (QED) is 0.839. The average molecular weight is 216 g/mol. The van der Waals surface area contributed by atoms with E-state index in [1.165, 1.54) is 0 Å². The van der Waals surface area contributed by atoms with Crippen LogP contribution in [-0.2, 0) is 0 Å². The van der Waals surface area contributed by atoms with Crippen LogP contribution in [0, 0.1) is 6.92 Å². The Bertz CT molecular complexity index is 558. The Morgan fingerprint density at radius 2 is 1.94 bits per heavy atom. The van der Waals surface area contributed by atoms with Crippen LogP contribution in [-0.4, -0.2) is 18.2 Å². The van der Waals surface area contributed by atoms with Gasteiger partial charge < -0.3 is 9.84 Å². The first kappa shape index (κ1) is 10.5. The van der Waals surface area contributed by atoms with Gasteiger partial charge in [0.1, 0.15) is 5.75 Å². The van der Waals surface area contributed by atoms with Crippen molar-refractivity contribution in [3.8, 4) is 5.75 Å².